The fraction of sp³-hybridized carbons (Fsp3) is 0.467. The van der Waals surface area contributed by atoms with Gasteiger partial charge in [0, 0.05) is 19.2 Å². The third kappa shape index (κ3) is 2.92. The van der Waals surface area contributed by atoms with E-state index in [1.165, 1.54) is 0 Å². The zero-order chi connectivity index (χ0) is 14.7. The van der Waals surface area contributed by atoms with Crippen LogP contribution in [0, 0.1) is 18.8 Å². The number of hydrogen-bond donors (Lipinski definition) is 1. The van der Waals surface area contributed by atoms with Gasteiger partial charge in [0.05, 0.1) is 18.1 Å². The fourth-order valence-corrected chi connectivity index (χ4v) is 2.55. The summed E-state index contributed by atoms with van der Waals surface area (Å²) >= 11 is 0. The van der Waals surface area contributed by atoms with Gasteiger partial charge in [-0.1, -0.05) is 12.2 Å². The first-order valence-corrected chi connectivity index (χ1v) is 6.66. The number of amides is 1. The number of furan rings is 1. The van der Waals surface area contributed by atoms with Crippen molar-refractivity contribution in [1.29, 1.82) is 0 Å². The molecule has 0 radical (unpaired) electrons. The number of carboxylic acids is 1. The van der Waals surface area contributed by atoms with Gasteiger partial charge in [-0.25, -0.2) is 0 Å². The minimum Gasteiger partial charge on any atom is -0.481 e. The summed E-state index contributed by atoms with van der Waals surface area (Å²) in [5.41, 5.74) is 0.944. The molecule has 0 saturated carbocycles. The highest BCUT2D eigenvalue weighted by Crippen LogP contribution is 2.28. The lowest BCUT2D eigenvalue weighted by Crippen LogP contribution is -2.39. The van der Waals surface area contributed by atoms with Crippen LogP contribution < -0.4 is 0 Å². The van der Waals surface area contributed by atoms with Crippen LogP contribution in [0.1, 0.15) is 24.2 Å². The van der Waals surface area contributed by atoms with Gasteiger partial charge in [-0.05, 0) is 25.8 Å². The van der Waals surface area contributed by atoms with Crippen molar-refractivity contribution in [2.75, 3.05) is 7.05 Å². The number of nitrogens with zero attached hydrogens (tertiary/aromatic N) is 1. The van der Waals surface area contributed by atoms with Gasteiger partial charge in [0.2, 0.25) is 5.91 Å². The van der Waals surface area contributed by atoms with Crippen molar-refractivity contribution < 1.29 is 19.1 Å². The monoisotopic (exact) mass is 277 g/mol. The molecule has 0 bridgehead atoms. The molecule has 5 heteroatoms. The number of carboxylic acid groups (broad SMARTS) is 1. The Labute approximate surface area is 117 Å². The zero-order valence-corrected chi connectivity index (χ0v) is 11.7. The number of carbonyl (C=O) groups is 2. The molecule has 1 aliphatic rings. The van der Waals surface area contributed by atoms with E-state index in [0.29, 0.717) is 19.4 Å². The zero-order valence-electron chi connectivity index (χ0n) is 11.7. The lowest BCUT2D eigenvalue weighted by Gasteiger charge is -2.28. The van der Waals surface area contributed by atoms with Gasteiger partial charge in [-0.3, -0.25) is 9.59 Å². The largest absolute Gasteiger partial charge is 0.481 e. The normalized spacial score (nSPS) is 21.7. The van der Waals surface area contributed by atoms with Gasteiger partial charge in [-0.2, -0.15) is 0 Å². The van der Waals surface area contributed by atoms with E-state index in [1.807, 2.05) is 25.1 Å². The van der Waals surface area contributed by atoms with Gasteiger partial charge < -0.3 is 14.4 Å². The second kappa shape index (κ2) is 5.94. The topological polar surface area (TPSA) is 70.8 Å². The van der Waals surface area contributed by atoms with E-state index in [4.69, 9.17) is 4.42 Å². The summed E-state index contributed by atoms with van der Waals surface area (Å²) in [4.78, 5) is 25.3. The van der Waals surface area contributed by atoms with Gasteiger partial charge >= 0.3 is 5.97 Å². The highest BCUT2D eigenvalue weighted by molar-refractivity contribution is 5.85. The van der Waals surface area contributed by atoms with E-state index in [2.05, 4.69) is 0 Å². The van der Waals surface area contributed by atoms with Gasteiger partial charge in [0.1, 0.15) is 5.76 Å². The predicted octanol–water partition coefficient (Wildman–Crippen LogP) is 2.21. The van der Waals surface area contributed by atoms with E-state index in [1.54, 1.807) is 18.2 Å². The molecule has 20 heavy (non-hydrogen) atoms. The first-order chi connectivity index (χ1) is 9.50. The average molecular weight is 277 g/mol. The van der Waals surface area contributed by atoms with Crippen LogP contribution in [0.25, 0.3) is 0 Å². The number of rotatable bonds is 4. The van der Waals surface area contributed by atoms with Crippen molar-refractivity contribution in [3.8, 4) is 0 Å². The Balaban J connectivity index is 2.07. The molecular formula is C15H19NO4. The highest BCUT2D eigenvalue weighted by atomic mass is 16.4. The van der Waals surface area contributed by atoms with Gasteiger partial charge in [0.15, 0.2) is 0 Å². The van der Waals surface area contributed by atoms with Gasteiger partial charge in [0.25, 0.3) is 0 Å². The number of aryl methyl sites for hydroxylation is 1. The third-order valence-electron chi connectivity index (χ3n) is 3.82. The van der Waals surface area contributed by atoms with Crippen LogP contribution in [-0.2, 0) is 16.1 Å². The molecule has 108 valence electrons. The Morgan fingerprint density at radius 1 is 1.35 bits per heavy atom. The van der Waals surface area contributed by atoms with E-state index in [0.717, 1.165) is 11.3 Å². The molecule has 0 aromatic carbocycles. The Bertz CT molecular complexity index is 532. The standard InChI is InChI=1S/C15H19NO4/c1-10-11(7-8-20-10)9-16(2)14(17)12-5-3-4-6-13(12)15(18)19/h3-4,7-8,12-13H,5-6,9H2,1-2H3,(H,18,19). The number of allylic oxidation sites excluding steroid dienone is 2. The number of carbonyl (C=O) groups excluding carboxylic acids is 1. The molecule has 2 atom stereocenters. The molecule has 0 fully saturated rings. The van der Waals surface area contributed by atoms with E-state index < -0.39 is 17.8 Å². The molecule has 2 unspecified atom stereocenters. The molecule has 5 nitrogen and oxygen atoms in total. The van der Waals surface area contributed by atoms with Gasteiger partial charge in [-0.15, -0.1) is 0 Å². The molecule has 1 aromatic heterocycles. The summed E-state index contributed by atoms with van der Waals surface area (Å²) in [7, 11) is 1.70. The predicted molar refractivity (Wildman–Crippen MR) is 72.9 cm³/mol. The maximum absolute atomic E-state index is 12.4. The molecule has 1 aromatic rings. The molecule has 0 spiro atoms. The molecule has 1 heterocycles. The van der Waals surface area contributed by atoms with Crippen LogP contribution in [0.3, 0.4) is 0 Å². The Kier molecular flexibility index (Phi) is 4.27. The first-order valence-electron chi connectivity index (χ1n) is 6.66. The maximum atomic E-state index is 12.4. The summed E-state index contributed by atoms with van der Waals surface area (Å²) in [6.07, 6.45) is 6.23. The third-order valence-corrected chi connectivity index (χ3v) is 3.82. The Hall–Kier alpha value is -2.04. The second-order valence-electron chi connectivity index (χ2n) is 5.19. The van der Waals surface area contributed by atoms with E-state index >= 15 is 0 Å². The van der Waals surface area contributed by atoms with Crippen LogP contribution in [-0.4, -0.2) is 28.9 Å². The van der Waals surface area contributed by atoms with Crippen LogP contribution in [0.5, 0.6) is 0 Å². The quantitative estimate of drug-likeness (QED) is 0.857. The van der Waals surface area contributed by atoms with Crippen molar-refractivity contribution in [2.45, 2.75) is 26.3 Å². The second-order valence-corrected chi connectivity index (χ2v) is 5.19. The Morgan fingerprint density at radius 2 is 2.00 bits per heavy atom. The lowest BCUT2D eigenvalue weighted by molar-refractivity contribution is -0.150. The van der Waals surface area contributed by atoms with Crippen molar-refractivity contribution in [3.05, 3.63) is 35.8 Å². The number of aliphatic carboxylic acids is 1. The highest BCUT2D eigenvalue weighted by Gasteiger charge is 2.35. The van der Waals surface area contributed by atoms with Crippen molar-refractivity contribution >= 4 is 11.9 Å². The van der Waals surface area contributed by atoms with Crippen LogP contribution in [0.2, 0.25) is 0 Å². The van der Waals surface area contributed by atoms with E-state index in [-0.39, 0.29) is 5.91 Å². The molecule has 2 rings (SSSR count). The van der Waals surface area contributed by atoms with Crippen molar-refractivity contribution in [3.63, 3.8) is 0 Å². The molecule has 1 amide bonds. The maximum Gasteiger partial charge on any atom is 0.307 e. The van der Waals surface area contributed by atoms with E-state index in [9.17, 15) is 14.7 Å². The SMILES string of the molecule is Cc1occc1CN(C)C(=O)C1CC=CCC1C(=O)O. The smallest absolute Gasteiger partial charge is 0.307 e. The summed E-state index contributed by atoms with van der Waals surface area (Å²) in [5, 5.41) is 9.22. The van der Waals surface area contributed by atoms with Crippen LogP contribution >= 0.6 is 0 Å². The van der Waals surface area contributed by atoms with Crippen LogP contribution in [0.4, 0.5) is 0 Å². The molecule has 0 saturated heterocycles. The fourth-order valence-electron chi connectivity index (χ4n) is 2.55. The summed E-state index contributed by atoms with van der Waals surface area (Å²) in [6.45, 7) is 2.28. The minimum atomic E-state index is -0.902. The molecular weight excluding hydrogens is 258 g/mol. The molecule has 0 aliphatic heterocycles. The van der Waals surface area contributed by atoms with Crippen molar-refractivity contribution in [2.24, 2.45) is 11.8 Å². The molecule has 1 aliphatic carbocycles. The van der Waals surface area contributed by atoms with Crippen LogP contribution in [0.15, 0.2) is 28.9 Å². The summed E-state index contributed by atoms with van der Waals surface area (Å²) in [6, 6.07) is 1.83. The first kappa shape index (κ1) is 14.4. The van der Waals surface area contributed by atoms with Crippen molar-refractivity contribution in [1.82, 2.24) is 4.90 Å². The minimum absolute atomic E-state index is 0.123. The number of hydrogen-bond acceptors (Lipinski definition) is 3. The molecule has 1 N–H and O–H groups in total. The lowest BCUT2D eigenvalue weighted by atomic mass is 9.82. The summed E-state index contributed by atoms with van der Waals surface area (Å²) < 4.78 is 5.21. The summed E-state index contributed by atoms with van der Waals surface area (Å²) in [5.74, 6) is -1.35. The average Bonchev–Trinajstić information content (AvgIpc) is 2.83. The Morgan fingerprint density at radius 3 is 2.55 bits per heavy atom.